The summed E-state index contributed by atoms with van der Waals surface area (Å²) in [5.74, 6) is -0.723. The van der Waals surface area contributed by atoms with Gasteiger partial charge in [0.1, 0.15) is 22.8 Å². The first-order valence-corrected chi connectivity index (χ1v) is 31.1. The Hall–Kier alpha value is -13.5. The third kappa shape index (κ3) is 23.9. The van der Waals surface area contributed by atoms with Gasteiger partial charge in [-0.1, -0.05) is 18.2 Å². The summed E-state index contributed by atoms with van der Waals surface area (Å²) >= 11 is 0. The molecule has 0 heterocycles. The number of nitrogens with zero attached hydrogens (tertiary/aromatic N) is 8. The van der Waals surface area contributed by atoms with Crippen molar-refractivity contribution in [1.82, 2.24) is 0 Å². The number of nitrogens with one attached hydrogen (secondary N) is 3. The fourth-order valence-corrected chi connectivity index (χ4v) is 9.50. The third-order valence-electron chi connectivity index (χ3n) is 14.4. The van der Waals surface area contributed by atoms with Gasteiger partial charge in [-0.05, 0) is 133 Å². The highest BCUT2D eigenvalue weighted by Gasteiger charge is 2.35. The molecule has 0 unspecified atom stereocenters. The molecule has 0 bridgehead atoms. The Morgan fingerprint density at radius 1 is 0.385 bits per heavy atom. The number of aliphatic hydroxyl groups excluding tert-OH is 6. The van der Waals surface area contributed by atoms with Gasteiger partial charge in [-0.2, -0.15) is 10.2 Å². The van der Waals surface area contributed by atoms with Gasteiger partial charge in [0.05, 0.1) is 99.2 Å². The van der Waals surface area contributed by atoms with Crippen LogP contribution in [0.2, 0.25) is 0 Å². The average Bonchev–Trinajstić information content (AvgIpc) is 0.739. The number of rotatable bonds is 24. The molecule has 0 amide bonds. The van der Waals surface area contributed by atoms with Gasteiger partial charge in [0.15, 0.2) is 11.6 Å². The van der Waals surface area contributed by atoms with Crippen molar-refractivity contribution in [2.75, 3.05) is 151 Å². The van der Waals surface area contributed by atoms with Gasteiger partial charge in [-0.3, -0.25) is 50.0 Å². The van der Waals surface area contributed by atoms with Crippen molar-refractivity contribution in [1.29, 1.82) is 0 Å². The summed E-state index contributed by atoms with van der Waals surface area (Å²) < 4.78 is 0. The molecule has 0 fully saturated rings. The molecular formula is C68H79N19O17. The first-order chi connectivity index (χ1) is 49.7. The first-order valence-electron chi connectivity index (χ1n) is 31.1. The van der Waals surface area contributed by atoms with Crippen LogP contribution >= 0.6 is 0 Å². The summed E-state index contributed by atoms with van der Waals surface area (Å²) in [6, 6.07) is 46.7. The van der Waals surface area contributed by atoms with Gasteiger partial charge >= 0.3 is 0 Å². The molecular weight excluding hydrogens is 1350 g/mol. The van der Waals surface area contributed by atoms with Crippen molar-refractivity contribution in [3.05, 3.63) is 239 Å². The first kappa shape index (κ1) is 81.2. The van der Waals surface area contributed by atoms with Gasteiger partial charge in [-0.25, -0.2) is 0 Å². The number of phenols is 1. The highest BCUT2D eigenvalue weighted by Crippen LogP contribution is 2.38. The van der Waals surface area contributed by atoms with Gasteiger partial charge in [0, 0.05) is 120 Å². The molecule has 36 heteroatoms. The van der Waals surface area contributed by atoms with Crippen molar-refractivity contribution < 1.29 is 65.0 Å². The van der Waals surface area contributed by atoms with Crippen LogP contribution < -0.4 is 71.6 Å². The number of fused-ring (bicyclic) bond motifs is 2. The van der Waals surface area contributed by atoms with Crippen molar-refractivity contribution in [3.63, 3.8) is 0 Å². The predicted molar refractivity (Wildman–Crippen MR) is 400 cm³/mol. The highest BCUT2D eigenvalue weighted by atomic mass is 16.6. The number of hydrogen-bond acceptors (Lipinski definition) is 32. The second kappa shape index (κ2) is 40.5. The minimum atomic E-state index is -0.716. The SMILES string of the molecule is Nc1cc(N)c2c(c1)C(=O)c1c(N)ccc(N)c1C2=O.Nc1ccc(N=Nc2ccc(N(CCO)CCO)cc2)cc1.Nc1ccc(Nc2ccccc2)c([N+](=O)[O-])c1.Nc1ccc(O)c(N)c1.O=[N+]([O-])c1cc(N(CCO)CCO)ccc1NCCO.O=[N+]([O-])c1ccc(NCCO)c([N+](=O)[O-])c1. The van der Waals surface area contributed by atoms with Gasteiger partial charge < -0.3 is 107 Å². The maximum Gasteiger partial charge on any atom is 0.299 e. The van der Waals surface area contributed by atoms with Gasteiger partial charge in [-0.15, -0.1) is 0 Å². The number of nitrogen functional groups attached to an aromatic ring is 8. The molecule has 0 saturated carbocycles. The average molecular weight is 1430 g/mol. The fraction of sp³-hybridized carbons (Fsp3) is 0.176. The molecule has 26 N–H and O–H groups in total. The molecule has 548 valence electrons. The van der Waals surface area contributed by atoms with E-state index >= 15 is 0 Å². The van der Waals surface area contributed by atoms with E-state index in [1.54, 1.807) is 59.5 Å². The van der Waals surface area contributed by atoms with E-state index in [4.69, 9.17) is 81.6 Å². The zero-order chi connectivity index (χ0) is 76.6. The van der Waals surface area contributed by atoms with Crippen LogP contribution in [0, 0.1) is 40.5 Å². The third-order valence-corrected chi connectivity index (χ3v) is 14.4. The van der Waals surface area contributed by atoms with Crippen LogP contribution in [0.3, 0.4) is 0 Å². The number of nitrogens with two attached hydrogens (primary N) is 8. The van der Waals surface area contributed by atoms with E-state index < -0.39 is 31.3 Å². The summed E-state index contributed by atoms with van der Waals surface area (Å²) in [7, 11) is 0. The summed E-state index contributed by atoms with van der Waals surface area (Å²) in [6.45, 7) is 1.42. The molecule has 9 aromatic carbocycles. The van der Waals surface area contributed by atoms with E-state index in [0.717, 1.165) is 34.9 Å². The summed E-state index contributed by atoms with van der Waals surface area (Å²) in [5.41, 5.74) is 52.0. The topological polar surface area (TPSA) is 624 Å². The molecule has 1 aliphatic carbocycles. The van der Waals surface area contributed by atoms with E-state index in [1.807, 2.05) is 59.5 Å². The lowest BCUT2D eigenvalue weighted by molar-refractivity contribution is -0.393. The van der Waals surface area contributed by atoms with Gasteiger partial charge in [0.2, 0.25) is 0 Å². The van der Waals surface area contributed by atoms with Crippen LogP contribution in [0.5, 0.6) is 5.75 Å². The van der Waals surface area contributed by atoms with Crippen LogP contribution in [0.15, 0.2) is 186 Å². The number of benzene rings is 9. The Morgan fingerprint density at radius 3 is 1.31 bits per heavy atom. The second-order valence-corrected chi connectivity index (χ2v) is 21.7. The van der Waals surface area contributed by atoms with Crippen molar-refractivity contribution in [2.24, 2.45) is 10.2 Å². The van der Waals surface area contributed by atoms with Crippen LogP contribution in [0.1, 0.15) is 31.8 Å². The molecule has 10 rings (SSSR count). The number of aliphatic hydroxyl groups is 6. The molecule has 0 atom stereocenters. The molecule has 0 aliphatic heterocycles. The summed E-state index contributed by atoms with van der Waals surface area (Å²) in [6.07, 6.45) is 0. The minimum Gasteiger partial charge on any atom is -0.506 e. The zero-order valence-corrected chi connectivity index (χ0v) is 55.6. The normalized spacial score (nSPS) is 10.8. The quantitative estimate of drug-likeness (QED) is 0.00697. The number of hydrogen-bond donors (Lipinski definition) is 18. The van der Waals surface area contributed by atoms with Crippen LogP contribution in [0.4, 0.5) is 114 Å². The summed E-state index contributed by atoms with van der Waals surface area (Å²) in [5, 5.41) is 122. The second-order valence-electron chi connectivity index (χ2n) is 21.7. The largest absolute Gasteiger partial charge is 0.506 e. The fourth-order valence-electron chi connectivity index (χ4n) is 9.50. The molecule has 1 aliphatic rings. The standard InChI is InChI=1S/C16H20N4O2.C14H12N4O2.C12H19N3O5.C12H11N3O2.C8H9N3O5.C6H8N2O/c17-13-1-3-14(4-2-13)18-19-15-5-7-16(8-6-15)20(9-11-21)10-12-22;15-5-3-6-10(9(18)4-5)14(20)12-8(17)2-1-7(16)11(12)13(6)19;16-6-3-13-11-2-1-10(9-12(11)15(19)20)14(4-7-17)5-8-18;13-9-6-7-11(12(8-9)15(16)17)14-10-4-2-1-3-5-10;12-4-3-9-7-2-1-6(10(13)14)5-8(7)11(15)16;7-4-1-2-6(9)5(8)3-4/h1-8,21-22H,9-12,17H2;1-4H,15-18H2;1-2,9,13,16-18H,3-8H2;1-8,14H,13H2;1-2,5,9,12H,3-4H2;1-3,9H,7-8H2. The minimum absolute atomic E-state index is 0.0335. The number of ketones is 2. The number of azo groups is 1. The zero-order valence-electron chi connectivity index (χ0n) is 55.6. The van der Waals surface area contributed by atoms with Crippen molar-refractivity contribution >= 4 is 125 Å². The number of carbonyl (C=O) groups excluding carboxylic acids is 2. The van der Waals surface area contributed by atoms with E-state index in [2.05, 4.69) is 26.2 Å². The van der Waals surface area contributed by atoms with Crippen LogP contribution in [-0.2, 0) is 0 Å². The number of nitro groups is 4. The molecule has 0 radical (unpaired) electrons. The Labute approximate surface area is 593 Å². The number of non-ortho nitro benzene ring substituents is 1. The Balaban J connectivity index is 0.000000228. The van der Waals surface area contributed by atoms with E-state index in [-0.39, 0.29) is 139 Å². The van der Waals surface area contributed by atoms with Crippen molar-refractivity contribution in [2.45, 2.75) is 0 Å². The Morgan fingerprint density at radius 2 is 0.817 bits per heavy atom. The maximum absolute atomic E-state index is 12.6. The van der Waals surface area contributed by atoms with Crippen molar-refractivity contribution in [3.8, 4) is 5.75 Å². The number of anilines is 14. The predicted octanol–water partition coefficient (Wildman–Crippen LogP) is 7.44. The summed E-state index contributed by atoms with van der Waals surface area (Å²) in [4.78, 5) is 69.2. The lowest BCUT2D eigenvalue weighted by Crippen LogP contribution is -2.29. The number of para-hydroxylation sites is 1. The maximum atomic E-state index is 12.6. The molecule has 104 heavy (non-hydrogen) atoms. The number of nitro benzene ring substituents is 4. The highest BCUT2D eigenvalue weighted by molar-refractivity contribution is 6.33. The Bertz CT molecular complexity index is 4420. The smallest absolute Gasteiger partial charge is 0.299 e. The van der Waals surface area contributed by atoms with Crippen LogP contribution in [0.25, 0.3) is 0 Å². The number of phenolic OH excluding ortho intramolecular Hbond substituents is 1. The Kier molecular flexibility index (Phi) is 31.6. The molecule has 9 aromatic rings. The van der Waals surface area contributed by atoms with Gasteiger partial charge in [0.25, 0.3) is 22.7 Å². The molecule has 0 aromatic heterocycles. The number of aromatic hydroxyl groups is 1. The molecule has 36 nitrogen and oxygen atoms in total. The monoisotopic (exact) mass is 1430 g/mol. The van der Waals surface area contributed by atoms with E-state index in [0.29, 0.717) is 58.6 Å². The molecule has 0 saturated heterocycles. The van der Waals surface area contributed by atoms with E-state index in [1.165, 1.54) is 54.6 Å². The lowest BCUT2D eigenvalue weighted by Gasteiger charge is -2.23. The lowest BCUT2D eigenvalue weighted by atomic mass is 9.81. The molecule has 0 spiro atoms. The van der Waals surface area contributed by atoms with Crippen LogP contribution in [-0.4, -0.2) is 146 Å². The van der Waals surface area contributed by atoms with E-state index in [9.17, 15) is 50.0 Å². The number of carbonyl (C=O) groups is 2.